The molecule has 3 aliphatic rings. The van der Waals surface area contributed by atoms with Crippen molar-refractivity contribution in [2.24, 2.45) is 5.41 Å². The van der Waals surface area contributed by atoms with Gasteiger partial charge in [0.05, 0.1) is 18.7 Å². The zero-order valence-electron chi connectivity index (χ0n) is 20.5. The zero-order chi connectivity index (χ0) is 25.2. The Balaban J connectivity index is 1.70. The molecule has 0 amide bonds. The van der Waals surface area contributed by atoms with Gasteiger partial charge in [-0.3, -0.25) is 14.4 Å². The molecule has 1 saturated heterocycles. The predicted molar refractivity (Wildman–Crippen MR) is 139 cm³/mol. The maximum absolute atomic E-state index is 14.5. The second-order valence-electron chi connectivity index (χ2n) is 9.85. The number of aryl methyl sites for hydroxylation is 1. The normalized spacial score (nSPS) is 23.0. The lowest BCUT2D eigenvalue weighted by Crippen LogP contribution is -2.48. The van der Waals surface area contributed by atoms with Gasteiger partial charge in [-0.2, -0.15) is 0 Å². The van der Waals surface area contributed by atoms with Crippen molar-refractivity contribution < 1.29 is 19.1 Å². The summed E-state index contributed by atoms with van der Waals surface area (Å²) in [7, 11) is 0. The summed E-state index contributed by atoms with van der Waals surface area (Å²) in [5.74, 6) is -0.656. The SMILES string of the molecule is CCOc1ccccc1[C@@H]1[C@@H](C(C)=O)N2c3cc(C)ccc3C=C[C@H]2C12C(=O)c1ccccc1C2=O. The van der Waals surface area contributed by atoms with E-state index in [2.05, 4.69) is 0 Å². The monoisotopic (exact) mass is 477 g/mol. The Morgan fingerprint density at radius 3 is 2.31 bits per heavy atom. The van der Waals surface area contributed by atoms with Gasteiger partial charge in [0.15, 0.2) is 17.3 Å². The van der Waals surface area contributed by atoms with Gasteiger partial charge in [0.2, 0.25) is 0 Å². The number of ether oxygens (including phenoxy) is 1. The van der Waals surface area contributed by atoms with Crippen LogP contribution in [0, 0.1) is 12.3 Å². The van der Waals surface area contributed by atoms with Gasteiger partial charge in [-0.1, -0.05) is 66.7 Å². The Bertz CT molecular complexity index is 1430. The molecule has 5 heteroatoms. The van der Waals surface area contributed by atoms with E-state index in [1.165, 1.54) is 0 Å². The first-order valence-electron chi connectivity index (χ1n) is 12.4. The second kappa shape index (κ2) is 8.02. The van der Waals surface area contributed by atoms with E-state index in [1.807, 2.05) is 73.4 Å². The molecule has 0 aromatic heterocycles. The van der Waals surface area contributed by atoms with Crippen molar-refractivity contribution in [2.45, 2.75) is 38.8 Å². The number of carbonyl (C=O) groups is 3. The van der Waals surface area contributed by atoms with E-state index in [0.717, 1.165) is 16.8 Å². The van der Waals surface area contributed by atoms with Crippen LogP contribution >= 0.6 is 0 Å². The molecule has 1 aliphatic carbocycles. The molecule has 0 unspecified atom stereocenters. The Kier molecular flexibility index (Phi) is 5.01. The van der Waals surface area contributed by atoms with Crippen molar-refractivity contribution >= 4 is 29.1 Å². The van der Waals surface area contributed by atoms with Gasteiger partial charge in [0, 0.05) is 28.3 Å². The Hall–Kier alpha value is -3.99. The number of hydrogen-bond donors (Lipinski definition) is 0. The fourth-order valence-electron chi connectivity index (χ4n) is 6.59. The fourth-order valence-corrected chi connectivity index (χ4v) is 6.59. The molecule has 2 heterocycles. The molecule has 3 aromatic carbocycles. The lowest BCUT2D eigenvalue weighted by atomic mass is 9.64. The van der Waals surface area contributed by atoms with Gasteiger partial charge in [-0.15, -0.1) is 0 Å². The van der Waals surface area contributed by atoms with Gasteiger partial charge >= 0.3 is 0 Å². The first kappa shape index (κ1) is 22.5. The predicted octanol–water partition coefficient (Wildman–Crippen LogP) is 5.42. The summed E-state index contributed by atoms with van der Waals surface area (Å²) < 4.78 is 6.00. The van der Waals surface area contributed by atoms with Crippen molar-refractivity contribution in [3.8, 4) is 5.75 Å². The third-order valence-corrected chi connectivity index (χ3v) is 7.93. The zero-order valence-corrected chi connectivity index (χ0v) is 20.5. The first-order chi connectivity index (χ1) is 17.4. The van der Waals surface area contributed by atoms with Crippen LogP contribution in [0.1, 0.15) is 57.2 Å². The number of anilines is 1. The summed E-state index contributed by atoms with van der Waals surface area (Å²) in [5.41, 5.74) is 2.96. The number of nitrogens with zero attached hydrogens (tertiary/aromatic N) is 1. The van der Waals surface area contributed by atoms with E-state index in [0.29, 0.717) is 29.0 Å². The average molecular weight is 478 g/mol. The van der Waals surface area contributed by atoms with Crippen LogP contribution < -0.4 is 9.64 Å². The van der Waals surface area contributed by atoms with E-state index < -0.39 is 23.4 Å². The van der Waals surface area contributed by atoms with Crippen LogP contribution in [0.4, 0.5) is 5.69 Å². The highest BCUT2D eigenvalue weighted by Crippen LogP contribution is 2.61. The highest BCUT2D eigenvalue weighted by molar-refractivity contribution is 6.32. The standard InChI is InChI=1S/C31H27NO4/c1-4-36-25-12-8-7-11-23(25)27-28(19(3)33)32-24-17-18(2)13-14-20(24)15-16-26(32)31(27)29(34)21-9-5-6-10-22(21)30(31)35/h5-17,26-28H,4H2,1-3H3/t26-,27+,28+/m0/s1. The number of benzene rings is 3. The number of fused-ring (bicyclic) bond motifs is 5. The minimum Gasteiger partial charge on any atom is -0.494 e. The maximum Gasteiger partial charge on any atom is 0.180 e. The maximum atomic E-state index is 14.5. The van der Waals surface area contributed by atoms with E-state index in [9.17, 15) is 14.4 Å². The number of Topliss-reactive ketones (excluding diaryl/α,β-unsaturated/α-hetero) is 3. The molecule has 3 aromatic rings. The van der Waals surface area contributed by atoms with E-state index >= 15 is 0 Å². The summed E-state index contributed by atoms with van der Waals surface area (Å²) in [5, 5.41) is 0. The quantitative estimate of drug-likeness (QED) is 0.470. The number of rotatable bonds is 4. The third kappa shape index (κ3) is 2.80. The summed E-state index contributed by atoms with van der Waals surface area (Å²) in [6, 6.07) is 19.3. The molecule has 36 heavy (non-hydrogen) atoms. The lowest BCUT2D eigenvalue weighted by Gasteiger charge is -2.37. The lowest BCUT2D eigenvalue weighted by molar-refractivity contribution is -0.118. The smallest absolute Gasteiger partial charge is 0.180 e. The Morgan fingerprint density at radius 1 is 0.972 bits per heavy atom. The molecule has 1 spiro atoms. The molecular formula is C31H27NO4. The highest BCUT2D eigenvalue weighted by atomic mass is 16.5. The Morgan fingerprint density at radius 2 is 1.64 bits per heavy atom. The topological polar surface area (TPSA) is 63.7 Å². The van der Waals surface area contributed by atoms with Crippen molar-refractivity contribution in [2.75, 3.05) is 11.5 Å². The molecule has 2 aliphatic heterocycles. The molecule has 0 bridgehead atoms. The minimum atomic E-state index is -1.48. The van der Waals surface area contributed by atoms with E-state index in [4.69, 9.17) is 4.74 Å². The van der Waals surface area contributed by atoms with Gasteiger partial charge < -0.3 is 9.64 Å². The average Bonchev–Trinajstić information content (AvgIpc) is 3.31. The first-order valence-corrected chi connectivity index (χ1v) is 12.4. The van der Waals surface area contributed by atoms with E-state index in [-0.39, 0.29) is 17.3 Å². The third-order valence-electron chi connectivity index (χ3n) is 7.93. The number of hydrogen-bond acceptors (Lipinski definition) is 5. The van der Waals surface area contributed by atoms with Crippen molar-refractivity contribution in [3.05, 3.63) is 101 Å². The van der Waals surface area contributed by atoms with Crippen LogP contribution in [-0.2, 0) is 4.79 Å². The second-order valence-corrected chi connectivity index (χ2v) is 9.85. The summed E-state index contributed by atoms with van der Waals surface area (Å²) in [6.07, 6.45) is 3.92. The van der Waals surface area contributed by atoms with Gasteiger partial charge in [0.1, 0.15) is 11.2 Å². The molecule has 6 rings (SSSR count). The largest absolute Gasteiger partial charge is 0.494 e. The van der Waals surface area contributed by atoms with Crippen molar-refractivity contribution in [1.29, 1.82) is 0 Å². The van der Waals surface area contributed by atoms with Crippen LogP contribution in [0.15, 0.2) is 72.8 Å². The van der Waals surface area contributed by atoms with Gasteiger partial charge in [-0.05, 0) is 44.0 Å². The summed E-state index contributed by atoms with van der Waals surface area (Å²) in [6.45, 7) is 5.89. The molecule has 3 atom stereocenters. The number of para-hydroxylation sites is 1. The molecule has 0 radical (unpaired) electrons. The fraction of sp³-hybridized carbons (Fsp3) is 0.258. The molecule has 0 N–H and O–H groups in total. The van der Waals surface area contributed by atoms with Crippen LogP contribution in [0.3, 0.4) is 0 Å². The van der Waals surface area contributed by atoms with Crippen LogP contribution in [0.5, 0.6) is 5.75 Å². The molecule has 0 saturated carbocycles. The van der Waals surface area contributed by atoms with Crippen molar-refractivity contribution in [1.82, 2.24) is 0 Å². The highest BCUT2D eigenvalue weighted by Gasteiger charge is 2.71. The van der Waals surface area contributed by atoms with Crippen molar-refractivity contribution in [3.63, 3.8) is 0 Å². The summed E-state index contributed by atoms with van der Waals surface area (Å²) in [4.78, 5) is 44.5. The molecule has 1 fully saturated rings. The molecule has 180 valence electrons. The molecule has 5 nitrogen and oxygen atoms in total. The Labute approximate surface area is 210 Å². The van der Waals surface area contributed by atoms with Gasteiger partial charge in [0.25, 0.3) is 0 Å². The number of carbonyl (C=O) groups excluding carboxylic acids is 3. The molecular weight excluding hydrogens is 450 g/mol. The van der Waals surface area contributed by atoms with Crippen LogP contribution in [-0.4, -0.2) is 36.0 Å². The van der Waals surface area contributed by atoms with Gasteiger partial charge in [-0.25, -0.2) is 0 Å². The van der Waals surface area contributed by atoms with Crippen LogP contribution in [0.25, 0.3) is 6.08 Å². The van der Waals surface area contributed by atoms with Crippen LogP contribution in [0.2, 0.25) is 0 Å². The van der Waals surface area contributed by atoms with E-state index in [1.54, 1.807) is 31.2 Å². The minimum absolute atomic E-state index is 0.0903. The number of ketones is 3. The summed E-state index contributed by atoms with van der Waals surface area (Å²) >= 11 is 0.